The number of hydrogen-bond acceptors (Lipinski definition) is 2. The van der Waals surface area contributed by atoms with Crippen molar-refractivity contribution in [2.24, 2.45) is 0 Å². The van der Waals surface area contributed by atoms with E-state index in [1.165, 1.54) is 22.4 Å². The van der Waals surface area contributed by atoms with Crippen LogP contribution in [0, 0.1) is 20.8 Å². The normalized spacial score (nSPS) is 10.3. The molecule has 1 aromatic carbocycles. The van der Waals surface area contributed by atoms with Gasteiger partial charge in [-0.25, -0.2) is 0 Å². The van der Waals surface area contributed by atoms with Gasteiger partial charge in [0.25, 0.3) is 0 Å². The van der Waals surface area contributed by atoms with Gasteiger partial charge in [0.2, 0.25) is 0 Å². The van der Waals surface area contributed by atoms with Crippen molar-refractivity contribution in [2.45, 2.75) is 40.0 Å². The topological polar surface area (TPSA) is 49.3 Å². The monoisotopic (exact) mass is 235 g/mol. The van der Waals surface area contributed by atoms with E-state index in [0.717, 1.165) is 19.4 Å². The summed E-state index contributed by atoms with van der Waals surface area (Å²) in [5, 5.41) is 11.9. The van der Waals surface area contributed by atoms with Crippen molar-refractivity contribution in [1.29, 1.82) is 0 Å². The molecule has 0 fully saturated rings. The molecule has 0 amide bonds. The molecule has 0 spiro atoms. The van der Waals surface area contributed by atoms with Crippen LogP contribution in [0.1, 0.15) is 36.0 Å². The van der Waals surface area contributed by atoms with Crippen LogP contribution >= 0.6 is 0 Å². The molecule has 0 radical (unpaired) electrons. The molecule has 3 heteroatoms. The Morgan fingerprint density at radius 1 is 1.18 bits per heavy atom. The molecule has 0 aliphatic heterocycles. The lowest BCUT2D eigenvalue weighted by Gasteiger charge is -2.13. The zero-order valence-electron chi connectivity index (χ0n) is 10.8. The Bertz CT molecular complexity index is 376. The van der Waals surface area contributed by atoms with Gasteiger partial charge in [0.15, 0.2) is 0 Å². The minimum atomic E-state index is -0.715. The number of aliphatic carboxylic acids is 1. The second kappa shape index (κ2) is 6.28. The van der Waals surface area contributed by atoms with Gasteiger partial charge >= 0.3 is 5.97 Å². The highest BCUT2D eigenvalue weighted by Gasteiger charge is 2.03. The number of hydrogen-bond donors (Lipinski definition) is 2. The average Bonchev–Trinajstić information content (AvgIpc) is 2.20. The van der Waals surface area contributed by atoms with E-state index in [2.05, 4.69) is 38.2 Å². The van der Waals surface area contributed by atoms with E-state index in [1.54, 1.807) is 0 Å². The summed E-state index contributed by atoms with van der Waals surface area (Å²) >= 11 is 0. The highest BCUT2D eigenvalue weighted by molar-refractivity contribution is 5.66. The number of carbonyl (C=O) groups is 1. The molecule has 94 valence electrons. The number of carboxylic acids is 1. The van der Waals surface area contributed by atoms with Gasteiger partial charge in [0.05, 0.1) is 0 Å². The van der Waals surface area contributed by atoms with Crippen LogP contribution in [-0.4, -0.2) is 17.6 Å². The molecule has 0 unspecified atom stereocenters. The first kappa shape index (κ1) is 13.6. The highest BCUT2D eigenvalue weighted by atomic mass is 16.4. The van der Waals surface area contributed by atoms with Gasteiger partial charge in [-0.05, 0) is 44.7 Å². The van der Waals surface area contributed by atoms with Gasteiger partial charge in [-0.2, -0.15) is 0 Å². The Morgan fingerprint density at radius 2 is 1.76 bits per heavy atom. The molecule has 0 aliphatic rings. The Hall–Kier alpha value is -1.51. The van der Waals surface area contributed by atoms with E-state index in [0.29, 0.717) is 0 Å². The SMILES string of the molecule is Cc1cc(C)c(NCCCCC(=O)O)c(C)c1. The molecule has 0 aliphatic carbocycles. The van der Waals surface area contributed by atoms with E-state index in [-0.39, 0.29) is 6.42 Å². The summed E-state index contributed by atoms with van der Waals surface area (Å²) in [6.07, 6.45) is 1.87. The first-order chi connectivity index (χ1) is 8.00. The molecule has 17 heavy (non-hydrogen) atoms. The summed E-state index contributed by atoms with van der Waals surface area (Å²) in [6, 6.07) is 4.32. The first-order valence-electron chi connectivity index (χ1n) is 6.04. The molecule has 0 saturated carbocycles. The molecule has 0 heterocycles. The van der Waals surface area contributed by atoms with Crippen LogP contribution in [0.15, 0.2) is 12.1 Å². The highest BCUT2D eigenvalue weighted by Crippen LogP contribution is 2.21. The third kappa shape index (κ3) is 4.47. The van der Waals surface area contributed by atoms with Crippen LogP contribution < -0.4 is 5.32 Å². The quantitative estimate of drug-likeness (QED) is 0.744. The Labute approximate surface area is 103 Å². The summed E-state index contributed by atoms with van der Waals surface area (Å²) in [7, 11) is 0. The summed E-state index contributed by atoms with van der Waals surface area (Å²) < 4.78 is 0. The molecule has 1 aromatic rings. The van der Waals surface area contributed by atoms with Crippen LogP contribution in [-0.2, 0) is 4.79 Å². The fourth-order valence-corrected chi connectivity index (χ4v) is 2.07. The maximum atomic E-state index is 10.4. The Kier molecular flexibility index (Phi) is 5.01. The van der Waals surface area contributed by atoms with Crippen molar-refractivity contribution < 1.29 is 9.90 Å². The van der Waals surface area contributed by atoms with E-state index in [9.17, 15) is 4.79 Å². The lowest BCUT2D eigenvalue weighted by Crippen LogP contribution is -2.06. The number of aryl methyl sites for hydroxylation is 3. The molecule has 0 aromatic heterocycles. The third-order valence-corrected chi connectivity index (χ3v) is 2.80. The van der Waals surface area contributed by atoms with Crippen molar-refractivity contribution in [3.8, 4) is 0 Å². The Morgan fingerprint density at radius 3 is 2.29 bits per heavy atom. The lowest BCUT2D eigenvalue weighted by atomic mass is 10.0. The zero-order valence-corrected chi connectivity index (χ0v) is 10.8. The van der Waals surface area contributed by atoms with Crippen LogP contribution in [0.3, 0.4) is 0 Å². The summed E-state index contributed by atoms with van der Waals surface area (Å²) in [6.45, 7) is 7.12. The number of rotatable bonds is 6. The number of benzene rings is 1. The molecule has 1 rings (SSSR count). The van der Waals surface area contributed by atoms with Gasteiger partial charge < -0.3 is 10.4 Å². The maximum Gasteiger partial charge on any atom is 0.303 e. The first-order valence-corrected chi connectivity index (χ1v) is 6.04. The minimum absolute atomic E-state index is 0.257. The fourth-order valence-electron chi connectivity index (χ4n) is 2.07. The smallest absolute Gasteiger partial charge is 0.303 e. The number of unbranched alkanes of at least 4 members (excludes halogenated alkanes) is 1. The van der Waals surface area contributed by atoms with E-state index in [4.69, 9.17) is 5.11 Å². The summed E-state index contributed by atoms with van der Waals surface area (Å²) in [5.74, 6) is -0.715. The number of carboxylic acid groups (broad SMARTS) is 1. The van der Waals surface area contributed by atoms with Gasteiger partial charge in [-0.15, -0.1) is 0 Å². The predicted molar refractivity (Wildman–Crippen MR) is 70.6 cm³/mol. The van der Waals surface area contributed by atoms with Crippen LogP contribution in [0.2, 0.25) is 0 Å². The zero-order chi connectivity index (χ0) is 12.8. The molecular weight excluding hydrogens is 214 g/mol. The van der Waals surface area contributed by atoms with Crippen molar-refractivity contribution in [3.05, 3.63) is 28.8 Å². The molecular formula is C14H21NO2. The number of nitrogens with one attached hydrogen (secondary N) is 1. The predicted octanol–water partition coefficient (Wildman–Crippen LogP) is 3.28. The second-order valence-electron chi connectivity index (χ2n) is 4.55. The second-order valence-corrected chi connectivity index (χ2v) is 4.55. The van der Waals surface area contributed by atoms with Crippen molar-refractivity contribution >= 4 is 11.7 Å². The minimum Gasteiger partial charge on any atom is -0.481 e. The molecule has 0 bridgehead atoms. The molecule has 3 nitrogen and oxygen atoms in total. The Balaban J connectivity index is 2.44. The van der Waals surface area contributed by atoms with Crippen molar-refractivity contribution in [2.75, 3.05) is 11.9 Å². The van der Waals surface area contributed by atoms with E-state index in [1.807, 2.05) is 0 Å². The van der Waals surface area contributed by atoms with Crippen molar-refractivity contribution in [3.63, 3.8) is 0 Å². The van der Waals surface area contributed by atoms with Gasteiger partial charge in [-0.1, -0.05) is 17.7 Å². The van der Waals surface area contributed by atoms with E-state index >= 15 is 0 Å². The number of anilines is 1. The maximum absolute atomic E-state index is 10.4. The van der Waals surface area contributed by atoms with E-state index < -0.39 is 5.97 Å². The third-order valence-electron chi connectivity index (χ3n) is 2.80. The standard InChI is InChI=1S/C14H21NO2/c1-10-8-11(2)14(12(3)9-10)15-7-5-4-6-13(16)17/h8-9,15H,4-7H2,1-3H3,(H,16,17). The van der Waals surface area contributed by atoms with Gasteiger partial charge in [0, 0.05) is 18.7 Å². The molecule has 0 atom stereocenters. The van der Waals surface area contributed by atoms with Crippen molar-refractivity contribution in [1.82, 2.24) is 0 Å². The molecule has 2 N–H and O–H groups in total. The summed E-state index contributed by atoms with van der Waals surface area (Å²) in [5.41, 5.74) is 4.96. The van der Waals surface area contributed by atoms with Gasteiger partial charge in [0.1, 0.15) is 0 Å². The van der Waals surface area contributed by atoms with Gasteiger partial charge in [-0.3, -0.25) is 4.79 Å². The molecule has 0 saturated heterocycles. The van der Waals surface area contributed by atoms with Crippen LogP contribution in [0.25, 0.3) is 0 Å². The fraction of sp³-hybridized carbons (Fsp3) is 0.500. The van der Waals surface area contributed by atoms with Crippen LogP contribution in [0.5, 0.6) is 0 Å². The lowest BCUT2D eigenvalue weighted by molar-refractivity contribution is -0.137. The summed E-state index contributed by atoms with van der Waals surface area (Å²) in [4.78, 5) is 10.4. The largest absolute Gasteiger partial charge is 0.481 e. The average molecular weight is 235 g/mol. The van der Waals surface area contributed by atoms with Crippen LogP contribution in [0.4, 0.5) is 5.69 Å².